The fourth-order valence-electron chi connectivity index (χ4n) is 3.17. The highest BCUT2D eigenvalue weighted by Crippen LogP contribution is 2.17. The number of aromatic nitrogens is 2. The first-order chi connectivity index (χ1) is 12.7. The van der Waals surface area contributed by atoms with E-state index in [2.05, 4.69) is 24.8 Å². The summed E-state index contributed by atoms with van der Waals surface area (Å²) in [5.41, 5.74) is 8.94. The predicted molar refractivity (Wildman–Crippen MR) is 102 cm³/mol. The Labute approximate surface area is 151 Å². The van der Waals surface area contributed by atoms with Crippen LogP contribution in [0, 0.1) is 5.82 Å². The molecule has 0 spiro atoms. The molecule has 134 valence electrons. The number of benzene rings is 1. The molecule has 1 saturated heterocycles. The maximum atomic E-state index is 13.0. The standard InChI is InChI=1S/C19H21FN6/c20-15-2-5-17(6-3-15)25-9-11-26(12-10-25)19(21)23-13-16-4-1-14-7-8-22-18(14)24-16/h1-8H,9-13H2,(H2,21,23)(H,22,24). The monoisotopic (exact) mass is 352 g/mol. The summed E-state index contributed by atoms with van der Waals surface area (Å²) < 4.78 is 13.0. The van der Waals surface area contributed by atoms with Crippen LogP contribution in [0.4, 0.5) is 10.1 Å². The second-order valence-electron chi connectivity index (χ2n) is 6.34. The van der Waals surface area contributed by atoms with Crippen molar-refractivity contribution in [2.24, 2.45) is 10.7 Å². The van der Waals surface area contributed by atoms with Crippen molar-refractivity contribution < 1.29 is 4.39 Å². The molecule has 0 unspecified atom stereocenters. The molecule has 0 radical (unpaired) electrons. The van der Waals surface area contributed by atoms with E-state index in [4.69, 9.17) is 5.73 Å². The van der Waals surface area contributed by atoms with E-state index in [9.17, 15) is 4.39 Å². The Morgan fingerprint density at radius 3 is 2.62 bits per heavy atom. The van der Waals surface area contributed by atoms with Crippen LogP contribution in [0.15, 0.2) is 53.7 Å². The Kier molecular flexibility index (Phi) is 4.43. The molecular weight excluding hydrogens is 331 g/mol. The van der Waals surface area contributed by atoms with E-state index >= 15 is 0 Å². The highest BCUT2D eigenvalue weighted by Gasteiger charge is 2.18. The number of nitrogens with zero attached hydrogens (tertiary/aromatic N) is 4. The summed E-state index contributed by atoms with van der Waals surface area (Å²) in [5, 5.41) is 1.09. The number of halogens is 1. The van der Waals surface area contributed by atoms with Gasteiger partial charge in [0.1, 0.15) is 11.5 Å². The number of piperazine rings is 1. The Morgan fingerprint density at radius 1 is 1.08 bits per heavy atom. The lowest BCUT2D eigenvalue weighted by atomic mass is 10.2. The van der Waals surface area contributed by atoms with Crippen molar-refractivity contribution in [2.45, 2.75) is 6.54 Å². The molecule has 3 aromatic rings. The molecule has 0 bridgehead atoms. The topological polar surface area (TPSA) is 73.5 Å². The smallest absolute Gasteiger partial charge is 0.191 e. The van der Waals surface area contributed by atoms with Gasteiger partial charge in [0, 0.05) is 43.4 Å². The summed E-state index contributed by atoms with van der Waals surface area (Å²) in [6.07, 6.45) is 1.87. The van der Waals surface area contributed by atoms with Gasteiger partial charge in [-0.3, -0.25) is 0 Å². The first-order valence-electron chi connectivity index (χ1n) is 8.67. The summed E-state index contributed by atoms with van der Waals surface area (Å²) in [7, 11) is 0. The van der Waals surface area contributed by atoms with Crippen molar-refractivity contribution in [1.82, 2.24) is 14.9 Å². The van der Waals surface area contributed by atoms with Crippen LogP contribution in [0.1, 0.15) is 5.69 Å². The molecule has 1 aromatic carbocycles. The number of hydrogen-bond acceptors (Lipinski definition) is 3. The Hall–Kier alpha value is -3.09. The molecular formula is C19H21FN6. The van der Waals surface area contributed by atoms with E-state index in [0.29, 0.717) is 12.5 Å². The molecule has 6 nitrogen and oxygen atoms in total. The lowest BCUT2D eigenvalue weighted by molar-refractivity contribution is 0.380. The van der Waals surface area contributed by atoms with Crippen LogP contribution in [0.2, 0.25) is 0 Å². The lowest BCUT2D eigenvalue weighted by Crippen LogP contribution is -2.51. The third kappa shape index (κ3) is 3.46. The highest BCUT2D eigenvalue weighted by atomic mass is 19.1. The van der Waals surface area contributed by atoms with Crippen molar-refractivity contribution in [3.05, 3.63) is 60.2 Å². The zero-order valence-corrected chi connectivity index (χ0v) is 14.4. The van der Waals surface area contributed by atoms with Crippen LogP contribution < -0.4 is 10.6 Å². The first kappa shape index (κ1) is 16.4. The SMILES string of the molecule is NC(=NCc1ccc2cc[nH]c2n1)N1CCN(c2ccc(F)cc2)CC1. The first-order valence-corrected chi connectivity index (χ1v) is 8.67. The molecule has 1 fully saturated rings. The summed E-state index contributed by atoms with van der Waals surface area (Å²) in [5.74, 6) is 0.326. The van der Waals surface area contributed by atoms with Gasteiger partial charge in [-0.25, -0.2) is 14.4 Å². The average Bonchev–Trinajstić information content (AvgIpc) is 3.15. The van der Waals surface area contributed by atoms with Gasteiger partial charge in [0.2, 0.25) is 0 Å². The van der Waals surface area contributed by atoms with E-state index in [1.807, 2.05) is 36.5 Å². The summed E-state index contributed by atoms with van der Waals surface area (Å²) in [4.78, 5) is 16.4. The minimum Gasteiger partial charge on any atom is -0.370 e. The second kappa shape index (κ2) is 7.03. The molecule has 0 atom stereocenters. The molecule has 0 saturated carbocycles. The zero-order valence-electron chi connectivity index (χ0n) is 14.4. The quantitative estimate of drug-likeness (QED) is 0.560. The Balaban J connectivity index is 1.35. The molecule has 1 aliphatic rings. The fourth-order valence-corrected chi connectivity index (χ4v) is 3.17. The van der Waals surface area contributed by atoms with Gasteiger partial charge in [0.25, 0.3) is 0 Å². The number of guanidine groups is 1. The number of pyridine rings is 1. The van der Waals surface area contributed by atoms with Gasteiger partial charge < -0.3 is 20.5 Å². The van der Waals surface area contributed by atoms with Gasteiger partial charge in [-0.2, -0.15) is 0 Å². The fraction of sp³-hybridized carbons (Fsp3) is 0.263. The molecule has 3 heterocycles. The van der Waals surface area contributed by atoms with Crippen molar-refractivity contribution >= 4 is 22.7 Å². The van der Waals surface area contributed by atoms with E-state index in [-0.39, 0.29) is 5.82 Å². The highest BCUT2D eigenvalue weighted by molar-refractivity contribution is 5.78. The minimum absolute atomic E-state index is 0.213. The number of nitrogens with two attached hydrogens (primary N) is 1. The summed E-state index contributed by atoms with van der Waals surface area (Å²) >= 11 is 0. The van der Waals surface area contributed by atoms with Crippen molar-refractivity contribution in [2.75, 3.05) is 31.1 Å². The molecule has 0 amide bonds. The zero-order chi connectivity index (χ0) is 17.9. The molecule has 4 rings (SSSR count). The Bertz CT molecular complexity index is 909. The number of H-pyrrole nitrogens is 1. The number of aliphatic imine (C=N–C) groups is 1. The maximum Gasteiger partial charge on any atom is 0.191 e. The summed E-state index contributed by atoms with van der Waals surface area (Å²) in [6.45, 7) is 3.69. The number of nitrogens with one attached hydrogen (secondary N) is 1. The third-order valence-corrected chi connectivity index (χ3v) is 4.67. The summed E-state index contributed by atoms with van der Waals surface area (Å²) in [6, 6.07) is 12.6. The van der Waals surface area contributed by atoms with Gasteiger partial charge in [-0.1, -0.05) is 0 Å². The molecule has 2 aromatic heterocycles. The molecule has 1 aliphatic heterocycles. The molecule has 3 N–H and O–H groups in total. The third-order valence-electron chi connectivity index (χ3n) is 4.67. The second-order valence-corrected chi connectivity index (χ2v) is 6.34. The predicted octanol–water partition coefficient (Wildman–Crippen LogP) is 2.34. The van der Waals surface area contributed by atoms with Crippen molar-refractivity contribution in [3.63, 3.8) is 0 Å². The van der Waals surface area contributed by atoms with Crippen LogP contribution in [0.25, 0.3) is 11.0 Å². The van der Waals surface area contributed by atoms with Gasteiger partial charge in [-0.15, -0.1) is 0 Å². The number of aromatic amines is 1. The number of hydrogen-bond donors (Lipinski definition) is 2. The van der Waals surface area contributed by atoms with E-state index < -0.39 is 0 Å². The van der Waals surface area contributed by atoms with E-state index in [0.717, 1.165) is 48.6 Å². The van der Waals surface area contributed by atoms with Gasteiger partial charge in [-0.05, 0) is 42.5 Å². The molecule has 0 aliphatic carbocycles. The number of rotatable bonds is 3. The lowest BCUT2D eigenvalue weighted by Gasteiger charge is -2.36. The largest absolute Gasteiger partial charge is 0.370 e. The van der Waals surface area contributed by atoms with Gasteiger partial charge in [0.15, 0.2) is 5.96 Å². The molecule has 7 heteroatoms. The van der Waals surface area contributed by atoms with Crippen molar-refractivity contribution in [1.29, 1.82) is 0 Å². The van der Waals surface area contributed by atoms with Crippen LogP contribution in [0.5, 0.6) is 0 Å². The number of fused-ring (bicyclic) bond motifs is 1. The van der Waals surface area contributed by atoms with Gasteiger partial charge in [0.05, 0.1) is 12.2 Å². The van der Waals surface area contributed by atoms with Gasteiger partial charge >= 0.3 is 0 Å². The van der Waals surface area contributed by atoms with Crippen molar-refractivity contribution in [3.8, 4) is 0 Å². The van der Waals surface area contributed by atoms with Crippen LogP contribution in [-0.4, -0.2) is 47.0 Å². The van der Waals surface area contributed by atoms with Crippen LogP contribution in [-0.2, 0) is 6.54 Å². The van der Waals surface area contributed by atoms with E-state index in [1.165, 1.54) is 12.1 Å². The van der Waals surface area contributed by atoms with E-state index in [1.54, 1.807) is 0 Å². The Morgan fingerprint density at radius 2 is 1.85 bits per heavy atom. The normalized spacial score (nSPS) is 15.7. The average molecular weight is 352 g/mol. The van der Waals surface area contributed by atoms with Crippen LogP contribution >= 0.6 is 0 Å². The molecule has 26 heavy (non-hydrogen) atoms. The van der Waals surface area contributed by atoms with Crippen LogP contribution in [0.3, 0.4) is 0 Å². The number of anilines is 1. The maximum absolute atomic E-state index is 13.0. The minimum atomic E-state index is -0.213.